The van der Waals surface area contributed by atoms with Gasteiger partial charge in [-0.25, -0.2) is 19.0 Å². The van der Waals surface area contributed by atoms with Gasteiger partial charge in [0.15, 0.2) is 12.0 Å². The van der Waals surface area contributed by atoms with E-state index in [0.717, 1.165) is 38.0 Å². The molecular formula is C33H35N13O13S6. The minimum absolute atomic E-state index is 0.0153. The van der Waals surface area contributed by atoms with Crippen molar-refractivity contribution in [1.29, 1.82) is 5.26 Å². The Morgan fingerprint density at radius 1 is 0.985 bits per heavy atom. The maximum atomic E-state index is 12.9. The Labute approximate surface area is 388 Å². The molecular weight excluding hydrogens is 979 g/mol. The zero-order chi connectivity index (χ0) is 47.2. The molecule has 0 aliphatic carbocycles. The standard InChI is InChI=1S/C18H18N6O8S3.C15H17N7O5S3/c25-13(9-4-2-1-3-5-9)14(26)19-11-15(27)24-12(17(28)29)10(6-33-16(11)24)7-34-18-20-21-22-23(18)8-35(30,31)32;1-21-14(18-19-20-21)30-6-8-5-29-13-15(27-2,17-9(23)7-28-4-3-16)12(26)22(13)10(8)11(24)25/h1-5,11,13,16,25H,6-8H2,(H,19,26)(H,28,29)(H,30,31,32);13H,4-7H2,1-2H3,(H,17,23)(H,24,25)/t11-,13-,16-;13-,15+/m11/s1. The summed E-state index contributed by atoms with van der Waals surface area (Å²) in [5, 5.41) is 64.2. The molecule has 4 amide bonds. The first-order valence-corrected chi connectivity index (χ1v) is 25.1. The number of hydrogen-bond donors (Lipinski definition) is 6. The maximum Gasteiger partial charge on any atom is 0.352 e. The lowest BCUT2D eigenvalue weighted by molar-refractivity contribution is -0.192. The molecule has 5 atom stereocenters. The summed E-state index contributed by atoms with van der Waals surface area (Å²) in [4.78, 5) is 76.5. The molecule has 7 rings (SSSR count). The number of carboxylic acid groups (broad SMARTS) is 2. The number of tetrazole rings is 2. The van der Waals surface area contributed by atoms with E-state index in [9.17, 15) is 52.5 Å². The predicted octanol–water partition coefficient (Wildman–Crippen LogP) is -1.65. The normalized spacial score (nSPS) is 21.7. The molecule has 1 aromatic carbocycles. The second-order valence-corrected chi connectivity index (χ2v) is 20.0. The van der Waals surface area contributed by atoms with Gasteiger partial charge < -0.3 is 30.7 Å². The molecule has 4 aliphatic heterocycles. The SMILES string of the molecule is CO[C@@]1(NC(=O)CSCC#N)C(=O)N2C(C(=O)O)=C(CSc3nnnn3C)CS[C@@H]21.O=C(O)C1=C(CSc2nnnn2CS(=O)(=O)O)CS[C@@H]2[C@H](NC(=O)[C@H](O)c3ccccc3)C(=O)N12. The van der Waals surface area contributed by atoms with Gasteiger partial charge in [0.05, 0.1) is 17.6 Å². The van der Waals surface area contributed by atoms with E-state index in [-0.39, 0.29) is 45.3 Å². The Morgan fingerprint density at radius 2 is 1.60 bits per heavy atom. The minimum Gasteiger partial charge on any atom is -0.477 e. The molecule has 4 aliphatic rings. The number of benzene rings is 1. The number of amides is 4. The number of hydrogen-bond acceptors (Lipinski definition) is 22. The molecule has 2 saturated heterocycles. The minimum atomic E-state index is -4.40. The number of carbonyl (C=O) groups is 6. The first-order chi connectivity index (χ1) is 30.9. The highest BCUT2D eigenvalue weighted by atomic mass is 32.2. The number of aromatic nitrogens is 8. The number of aliphatic hydroxyl groups is 1. The van der Waals surface area contributed by atoms with Crippen LogP contribution in [0.1, 0.15) is 11.7 Å². The molecule has 0 saturated carbocycles. The number of methoxy groups -OCH3 is 1. The molecule has 65 heavy (non-hydrogen) atoms. The highest BCUT2D eigenvalue weighted by Crippen LogP contribution is 2.47. The number of thioether (sulfide) groups is 5. The van der Waals surface area contributed by atoms with Crippen molar-refractivity contribution in [3.8, 4) is 6.07 Å². The van der Waals surface area contributed by atoms with E-state index in [0.29, 0.717) is 27.6 Å². The topological polar surface area (TPSA) is 368 Å². The molecule has 32 heteroatoms. The van der Waals surface area contributed by atoms with Crippen molar-refractivity contribution < 1.29 is 61.8 Å². The van der Waals surface area contributed by atoms with Crippen LogP contribution in [0.15, 0.2) is 63.2 Å². The Hall–Kier alpha value is -5.27. The Balaban J connectivity index is 0.000000218. The van der Waals surface area contributed by atoms with Crippen LogP contribution >= 0.6 is 58.8 Å². The summed E-state index contributed by atoms with van der Waals surface area (Å²) in [6.45, 7) is 0. The molecule has 6 heterocycles. The van der Waals surface area contributed by atoms with Crippen molar-refractivity contribution in [2.75, 3.05) is 41.6 Å². The van der Waals surface area contributed by atoms with Gasteiger partial charge >= 0.3 is 11.9 Å². The summed E-state index contributed by atoms with van der Waals surface area (Å²) in [5.41, 5.74) is -0.728. The average molecular weight is 1010 g/mol. The third-order valence-corrected chi connectivity index (χ3v) is 15.6. The summed E-state index contributed by atoms with van der Waals surface area (Å²) >= 11 is 5.84. The van der Waals surface area contributed by atoms with Gasteiger partial charge in [0.2, 0.25) is 16.2 Å². The maximum absolute atomic E-state index is 12.9. The summed E-state index contributed by atoms with van der Waals surface area (Å²) in [7, 11) is -1.44. The van der Waals surface area contributed by atoms with Gasteiger partial charge in [-0.15, -0.1) is 45.5 Å². The number of ether oxygens (including phenoxy) is 1. The van der Waals surface area contributed by atoms with Crippen LogP contribution in [0.4, 0.5) is 0 Å². The molecule has 6 N–H and O–H groups in total. The number of carbonyl (C=O) groups excluding carboxylic acids is 4. The highest BCUT2D eigenvalue weighted by molar-refractivity contribution is 8.01. The number of nitriles is 1. The van der Waals surface area contributed by atoms with Crippen LogP contribution in [0.5, 0.6) is 0 Å². The third kappa shape index (κ3) is 10.7. The number of nitrogens with zero attached hydrogens (tertiary/aromatic N) is 11. The lowest BCUT2D eigenvalue weighted by Gasteiger charge is -2.55. The predicted molar refractivity (Wildman–Crippen MR) is 229 cm³/mol. The lowest BCUT2D eigenvalue weighted by Crippen LogP contribution is -2.80. The molecule has 2 aromatic heterocycles. The van der Waals surface area contributed by atoms with E-state index >= 15 is 0 Å². The van der Waals surface area contributed by atoms with Gasteiger partial charge in [-0.1, -0.05) is 53.9 Å². The molecule has 0 radical (unpaired) electrons. The van der Waals surface area contributed by atoms with Gasteiger partial charge in [-0.2, -0.15) is 13.7 Å². The zero-order valence-corrected chi connectivity index (χ0v) is 38.4. The van der Waals surface area contributed by atoms with Gasteiger partial charge in [0.25, 0.3) is 33.6 Å². The van der Waals surface area contributed by atoms with E-state index in [4.69, 9.17) is 14.6 Å². The van der Waals surface area contributed by atoms with E-state index in [1.807, 2.05) is 6.07 Å². The van der Waals surface area contributed by atoms with E-state index in [2.05, 4.69) is 41.7 Å². The van der Waals surface area contributed by atoms with Crippen LogP contribution in [-0.4, -0.2) is 178 Å². The second kappa shape index (κ2) is 20.9. The summed E-state index contributed by atoms with van der Waals surface area (Å²) in [6, 6.07) is 9.08. The van der Waals surface area contributed by atoms with Crippen LogP contribution in [0, 0.1) is 11.3 Å². The summed E-state index contributed by atoms with van der Waals surface area (Å²) in [5.74, 6) is -5.00. The monoisotopic (exact) mass is 1010 g/mol. The van der Waals surface area contributed by atoms with Crippen LogP contribution in [0.2, 0.25) is 0 Å². The number of fused-ring (bicyclic) bond motifs is 2. The first kappa shape index (κ1) is 49.2. The van der Waals surface area contributed by atoms with E-state index in [1.165, 1.54) is 47.1 Å². The van der Waals surface area contributed by atoms with Crippen molar-refractivity contribution in [3.05, 3.63) is 58.4 Å². The molecule has 2 fully saturated rings. The van der Waals surface area contributed by atoms with E-state index in [1.54, 1.807) is 37.4 Å². The van der Waals surface area contributed by atoms with Crippen molar-refractivity contribution in [2.45, 2.75) is 44.8 Å². The van der Waals surface area contributed by atoms with Gasteiger partial charge in [-0.05, 0) is 37.6 Å². The van der Waals surface area contributed by atoms with Crippen LogP contribution in [0.3, 0.4) is 0 Å². The van der Waals surface area contributed by atoms with Crippen molar-refractivity contribution in [3.63, 3.8) is 0 Å². The van der Waals surface area contributed by atoms with Crippen LogP contribution in [0.25, 0.3) is 0 Å². The zero-order valence-electron chi connectivity index (χ0n) is 33.5. The summed E-state index contributed by atoms with van der Waals surface area (Å²) < 4.78 is 38.9. The second-order valence-electron chi connectivity index (χ2n) is 13.5. The van der Waals surface area contributed by atoms with Gasteiger partial charge in [0.1, 0.15) is 28.2 Å². The quantitative estimate of drug-likeness (QED) is 0.0273. The van der Waals surface area contributed by atoms with Crippen molar-refractivity contribution in [2.24, 2.45) is 7.05 Å². The Morgan fingerprint density at radius 3 is 2.20 bits per heavy atom. The molecule has 3 aromatic rings. The summed E-state index contributed by atoms with van der Waals surface area (Å²) in [6.07, 6.45) is -1.48. The Bertz CT molecular complexity index is 2590. The smallest absolute Gasteiger partial charge is 0.352 e. The molecule has 346 valence electrons. The van der Waals surface area contributed by atoms with E-state index < -0.39 is 80.2 Å². The third-order valence-electron chi connectivity index (χ3n) is 9.39. The molecule has 0 spiro atoms. The average Bonchev–Trinajstić information content (AvgIpc) is 3.91. The fourth-order valence-corrected chi connectivity index (χ4v) is 12.3. The largest absolute Gasteiger partial charge is 0.477 e. The molecule has 0 unspecified atom stereocenters. The number of aryl methyl sites for hydroxylation is 1. The van der Waals surface area contributed by atoms with Gasteiger partial charge in [-0.3, -0.25) is 33.5 Å². The number of rotatable bonds is 18. The molecule has 0 bridgehead atoms. The lowest BCUT2D eigenvalue weighted by atomic mass is 9.98. The van der Waals surface area contributed by atoms with Crippen LogP contribution < -0.4 is 10.6 Å². The Kier molecular flexibility index (Phi) is 15.8. The fraction of sp³-hybridized carbons (Fsp3) is 0.424. The molecule has 26 nitrogen and oxygen atoms in total. The highest BCUT2D eigenvalue weighted by Gasteiger charge is 2.66. The van der Waals surface area contributed by atoms with Crippen LogP contribution in [-0.2, 0) is 56.5 Å². The number of nitrogens with one attached hydrogen (secondary N) is 2. The first-order valence-electron chi connectivity index (χ1n) is 18.3. The number of carboxylic acids is 2. The number of β-lactam (4-membered cyclic amide) rings is 2. The number of aliphatic hydroxyl groups excluding tert-OH is 1. The number of aliphatic carboxylic acids is 2. The fourth-order valence-electron chi connectivity index (χ4n) is 6.48. The van der Waals surface area contributed by atoms with Gasteiger partial charge in [0, 0.05) is 37.2 Å². The van der Waals surface area contributed by atoms with Crippen molar-refractivity contribution in [1.82, 2.24) is 60.8 Å². The van der Waals surface area contributed by atoms with Crippen molar-refractivity contribution >= 4 is 104 Å².